The Balaban J connectivity index is 1.44. The second-order valence-corrected chi connectivity index (χ2v) is 9.82. The Morgan fingerprint density at radius 2 is 1.89 bits per heavy atom. The SMILES string of the molecule is CC(=O)O[C@@H]1[C@H](OC(C)=O)[C@@H](CSc2ccc(F)cc2)O[C@H]1n1cnc2c(NC3CCOC3)ncnc21. The number of aromatic nitrogens is 4. The molecule has 0 radical (unpaired) electrons. The van der Waals surface area contributed by atoms with E-state index >= 15 is 0 Å². The Bertz CT molecular complexity index is 1270. The standard InChI is InChI=1S/C24H26FN5O6S/c1-13(31)34-20-18(10-37-17-5-3-15(25)4-6-17)36-24(21(20)35-14(2)32)30-12-28-19-22(26-11-27-23(19)30)29-16-7-8-33-9-16/h3-6,11-12,16,18,20-21,24H,7-10H2,1-2H3,(H,26,27,29)/t16?,18-,20-,21-,24-/m1/s1. The number of imidazole rings is 1. The van der Waals surface area contributed by atoms with Gasteiger partial charge in [0.2, 0.25) is 0 Å². The van der Waals surface area contributed by atoms with Crippen molar-refractivity contribution >= 4 is 40.7 Å². The van der Waals surface area contributed by atoms with E-state index in [2.05, 4.69) is 20.3 Å². The van der Waals surface area contributed by atoms with Crippen LogP contribution in [0.4, 0.5) is 10.2 Å². The van der Waals surface area contributed by atoms with Crippen molar-refractivity contribution in [1.82, 2.24) is 19.5 Å². The molecule has 4 heterocycles. The summed E-state index contributed by atoms with van der Waals surface area (Å²) in [5.74, 6) is -0.510. The summed E-state index contributed by atoms with van der Waals surface area (Å²) in [6.07, 6.45) is 0.468. The second kappa shape index (κ2) is 11.0. The Hall–Kier alpha value is -3.29. The van der Waals surface area contributed by atoms with Crippen LogP contribution in [0.15, 0.2) is 41.8 Å². The third kappa shape index (κ3) is 5.68. The molecule has 2 aliphatic heterocycles. The molecule has 11 nitrogen and oxygen atoms in total. The number of ether oxygens (including phenoxy) is 4. The number of carbonyl (C=O) groups excluding carboxylic acids is 2. The number of anilines is 1. The van der Waals surface area contributed by atoms with E-state index in [-0.39, 0.29) is 11.9 Å². The third-order valence-corrected chi connectivity index (χ3v) is 7.12. The van der Waals surface area contributed by atoms with E-state index in [1.807, 2.05) is 0 Å². The molecule has 2 aromatic heterocycles. The molecule has 0 bridgehead atoms. The molecule has 5 atom stereocenters. The van der Waals surface area contributed by atoms with Crippen LogP contribution in [0.3, 0.4) is 0 Å². The first-order valence-corrected chi connectivity index (χ1v) is 12.8. The number of carbonyl (C=O) groups is 2. The average Bonchev–Trinajstić information content (AvgIpc) is 3.59. The molecule has 2 fully saturated rings. The van der Waals surface area contributed by atoms with Gasteiger partial charge < -0.3 is 24.3 Å². The van der Waals surface area contributed by atoms with Crippen LogP contribution < -0.4 is 5.32 Å². The molecule has 5 rings (SSSR count). The lowest BCUT2D eigenvalue weighted by Gasteiger charge is -2.23. The number of hydrogen-bond acceptors (Lipinski definition) is 11. The quantitative estimate of drug-likeness (QED) is 0.340. The molecule has 1 N–H and O–H groups in total. The van der Waals surface area contributed by atoms with Crippen LogP contribution >= 0.6 is 11.8 Å². The molecule has 2 aliphatic rings. The van der Waals surface area contributed by atoms with Crippen molar-refractivity contribution in [1.29, 1.82) is 0 Å². The van der Waals surface area contributed by atoms with E-state index in [9.17, 15) is 14.0 Å². The molecule has 37 heavy (non-hydrogen) atoms. The average molecular weight is 532 g/mol. The monoisotopic (exact) mass is 531 g/mol. The van der Waals surface area contributed by atoms with E-state index in [1.165, 1.54) is 50.4 Å². The van der Waals surface area contributed by atoms with Crippen LogP contribution in [0, 0.1) is 5.82 Å². The van der Waals surface area contributed by atoms with Gasteiger partial charge in [-0.2, -0.15) is 0 Å². The van der Waals surface area contributed by atoms with Gasteiger partial charge in [-0.1, -0.05) is 0 Å². The van der Waals surface area contributed by atoms with Crippen molar-refractivity contribution in [3.8, 4) is 0 Å². The topological polar surface area (TPSA) is 127 Å². The van der Waals surface area contributed by atoms with Crippen LogP contribution in [-0.2, 0) is 28.5 Å². The van der Waals surface area contributed by atoms with Gasteiger partial charge in [-0.3, -0.25) is 14.2 Å². The van der Waals surface area contributed by atoms with Crippen molar-refractivity contribution in [3.05, 3.63) is 42.7 Å². The van der Waals surface area contributed by atoms with Crippen molar-refractivity contribution in [2.24, 2.45) is 0 Å². The molecule has 1 aromatic carbocycles. The summed E-state index contributed by atoms with van der Waals surface area (Å²) in [6.45, 7) is 3.81. The Morgan fingerprint density at radius 1 is 1.14 bits per heavy atom. The highest BCUT2D eigenvalue weighted by atomic mass is 32.2. The fourth-order valence-corrected chi connectivity index (χ4v) is 5.37. The Labute approximate surface area is 216 Å². The van der Waals surface area contributed by atoms with Gasteiger partial charge in [0.1, 0.15) is 18.2 Å². The Kier molecular flexibility index (Phi) is 7.53. The number of rotatable bonds is 8. The summed E-state index contributed by atoms with van der Waals surface area (Å²) in [6, 6.07) is 6.15. The predicted octanol–water partition coefficient (Wildman–Crippen LogP) is 2.72. The van der Waals surface area contributed by atoms with Crippen LogP contribution in [0.25, 0.3) is 11.2 Å². The van der Waals surface area contributed by atoms with E-state index < -0.39 is 36.5 Å². The minimum absolute atomic E-state index is 0.112. The lowest BCUT2D eigenvalue weighted by molar-refractivity contribution is -0.165. The molecular formula is C24H26FN5O6S. The molecule has 0 aliphatic carbocycles. The first-order valence-electron chi connectivity index (χ1n) is 11.8. The Morgan fingerprint density at radius 3 is 2.59 bits per heavy atom. The van der Waals surface area contributed by atoms with Crippen molar-refractivity contribution in [2.45, 2.75) is 55.7 Å². The number of nitrogens with zero attached hydrogens (tertiary/aromatic N) is 4. The number of hydrogen-bond donors (Lipinski definition) is 1. The van der Waals surface area contributed by atoms with Gasteiger partial charge in [0.25, 0.3) is 0 Å². The molecule has 2 saturated heterocycles. The fourth-order valence-electron chi connectivity index (χ4n) is 4.41. The molecule has 196 valence electrons. The van der Waals surface area contributed by atoms with E-state index in [1.54, 1.807) is 16.7 Å². The highest BCUT2D eigenvalue weighted by Gasteiger charge is 2.50. The zero-order chi connectivity index (χ0) is 25.9. The minimum Gasteiger partial charge on any atom is -0.456 e. The third-order valence-electron chi connectivity index (χ3n) is 6.02. The minimum atomic E-state index is -0.952. The van der Waals surface area contributed by atoms with Gasteiger partial charge in [-0.25, -0.2) is 19.3 Å². The van der Waals surface area contributed by atoms with Crippen LogP contribution in [-0.4, -0.2) is 74.8 Å². The highest BCUT2D eigenvalue weighted by Crippen LogP contribution is 2.38. The summed E-state index contributed by atoms with van der Waals surface area (Å²) < 4.78 is 37.9. The van der Waals surface area contributed by atoms with Gasteiger partial charge in [0, 0.05) is 31.1 Å². The van der Waals surface area contributed by atoms with E-state index in [4.69, 9.17) is 18.9 Å². The second-order valence-electron chi connectivity index (χ2n) is 8.73. The van der Waals surface area contributed by atoms with Crippen molar-refractivity contribution < 1.29 is 32.9 Å². The maximum Gasteiger partial charge on any atom is 0.303 e. The van der Waals surface area contributed by atoms with Gasteiger partial charge in [0.15, 0.2) is 35.4 Å². The van der Waals surface area contributed by atoms with E-state index in [0.29, 0.717) is 35.9 Å². The van der Waals surface area contributed by atoms with Gasteiger partial charge >= 0.3 is 11.9 Å². The van der Waals surface area contributed by atoms with Gasteiger partial charge in [-0.15, -0.1) is 11.8 Å². The van der Waals surface area contributed by atoms with E-state index in [0.717, 1.165) is 11.3 Å². The molecule has 3 aromatic rings. The summed E-state index contributed by atoms with van der Waals surface area (Å²) in [4.78, 5) is 38.1. The summed E-state index contributed by atoms with van der Waals surface area (Å²) in [5.41, 5.74) is 0.986. The highest BCUT2D eigenvalue weighted by molar-refractivity contribution is 7.99. The first-order chi connectivity index (χ1) is 17.9. The number of fused-ring (bicyclic) bond motifs is 1. The maximum atomic E-state index is 13.3. The van der Waals surface area contributed by atoms with Crippen molar-refractivity contribution in [3.63, 3.8) is 0 Å². The summed E-state index contributed by atoms with van der Waals surface area (Å²) >= 11 is 1.41. The molecule has 0 spiro atoms. The number of benzene rings is 1. The van der Waals surface area contributed by atoms with Gasteiger partial charge in [0.05, 0.1) is 19.0 Å². The zero-order valence-electron chi connectivity index (χ0n) is 20.2. The predicted molar refractivity (Wildman–Crippen MR) is 130 cm³/mol. The lowest BCUT2D eigenvalue weighted by Crippen LogP contribution is -2.39. The lowest BCUT2D eigenvalue weighted by atomic mass is 10.1. The molecule has 0 saturated carbocycles. The molecule has 1 unspecified atom stereocenters. The smallest absolute Gasteiger partial charge is 0.303 e. The molecule has 13 heteroatoms. The molecule has 0 amide bonds. The van der Waals surface area contributed by atoms with Crippen LogP contribution in [0.1, 0.15) is 26.5 Å². The van der Waals surface area contributed by atoms with Crippen LogP contribution in [0.2, 0.25) is 0 Å². The maximum absolute atomic E-state index is 13.3. The largest absolute Gasteiger partial charge is 0.456 e. The van der Waals surface area contributed by atoms with Crippen LogP contribution in [0.5, 0.6) is 0 Å². The number of nitrogens with one attached hydrogen (secondary N) is 1. The number of halogens is 1. The van der Waals surface area contributed by atoms with Gasteiger partial charge in [-0.05, 0) is 30.7 Å². The molecular weight excluding hydrogens is 505 g/mol. The zero-order valence-corrected chi connectivity index (χ0v) is 21.0. The number of esters is 2. The summed E-state index contributed by atoms with van der Waals surface area (Å²) in [7, 11) is 0. The first kappa shape index (κ1) is 25.4. The normalized spacial score (nSPS) is 25.3. The number of thioether (sulfide) groups is 1. The van der Waals surface area contributed by atoms with Crippen molar-refractivity contribution in [2.75, 3.05) is 24.3 Å². The summed E-state index contributed by atoms with van der Waals surface area (Å²) in [5, 5.41) is 3.34. The fraction of sp³-hybridized carbons (Fsp3) is 0.458.